The molecular weight excluding hydrogens is 251 g/mol. The second-order valence-corrected chi connectivity index (χ2v) is 5.87. The maximum Gasteiger partial charge on any atom is 0.427 e. The zero-order valence-electron chi connectivity index (χ0n) is 10.1. The molecule has 1 rings (SSSR count). The number of aryl methyl sites for hydroxylation is 1. The molecule has 0 amide bonds. The molecule has 2 nitrogen and oxygen atoms in total. The number of aromatic nitrogens is 1. The van der Waals surface area contributed by atoms with Gasteiger partial charge < -0.3 is 5.11 Å². The molecule has 17 heavy (non-hydrogen) atoms. The number of alkyl halides is 3. The highest BCUT2D eigenvalue weighted by Gasteiger charge is 2.38. The van der Waals surface area contributed by atoms with E-state index in [9.17, 15) is 13.2 Å². The van der Waals surface area contributed by atoms with Gasteiger partial charge in [0, 0.05) is 12.0 Å². The second-order valence-electron chi connectivity index (χ2n) is 4.87. The van der Waals surface area contributed by atoms with E-state index in [1.165, 1.54) is 0 Å². The van der Waals surface area contributed by atoms with E-state index in [0.29, 0.717) is 22.8 Å². The van der Waals surface area contributed by atoms with Crippen molar-refractivity contribution in [3.63, 3.8) is 0 Å². The molecule has 0 aliphatic rings. The third-order valence-corrected chi connectivity index (χ3v) is 3.74. The monoisotopic (exact) mass is 267 g/mol. The number of rotatable bonds is 3. The molecule has 0 bridgehead atoms. The van der Waals surface area contributed by atoms with Crippen LogP contribution in [0, 0.1) is 0 Å². The number of aliphatic hydroxyl groups is 1. The van der Waals surface area contributed by atoms with Gasteiger partial charge in [-0.25, -0.2) is 4.98 Å². The average molecular weight is 267 g/mol. The van der Waals surface area contributed by atoms with Crippen LogP contribution in [0.15, 0.2) is 0 Å². The summed E-state index contributed by atoms with van der Waals surface area (Å²) in [5, 5.41) is 9.17. The van der Waals surface area contributed by atoms with Crippen LogP contribution in [0.25, 0.3) is 0 Å². The molecule has 1 N–H and O–H groups in total. The van der Waals surface area contributed by atoms with E-state index in [0.717, 1.165) is 0 Å². The molecule has 0 saturated heterocycles. The van der Waals surface area contributed by atoms with Gasteiger partial charge in [0.1, 0.15) is 4.88 Å². The lowest BCUT2D eigenvalue weighted by molar-refractivity contribution is -0.135. The Morgan fingerprint density at radius 2 is 1.82 bits per heavy atom. The number of halogens is 3. The van der Waals surface area contributed by atoms with Crippen LogP contribution < -0.4 is 0 Å². The van der Waals surface area contributed by atoms with Gasteiger partial charge in [0.2, 0.25) is 0 Å². The summed E-state index contributed by atoms with van der Waals surface area (Å²) in [5.74, 6) is 0. The fourth-order valence-corrected chi connectivity index (χ4v) is 2.35. The van der Waals surface area contributed by atoms with Crippen molar-refractivity contribution in [2.24, 2.45) is 0 Å². The van der Waals surface area contributed by atoms with E-state index in [1.807, 2.05) is 20.8 Å². The molecule has 0 aliphatic carbocycles. The minimum absolute atomic E-state index is 0.0569. The molecule has 0 unspecified atom stereocenters. The Bertz CT molecular complexity index is 379. The van der Waals surface area contributed by atoms with Crippen molar-refractivity contribution in [3.05, 3.63) is 15.6 Å². The Kier molecular flexibility index (Phi) is 4.19. The predicted molar refractivity (Wildman–Crippen MR) is 61.2 cm³/mol. The van der Waals surface area contributed by atoms with Crippen molar-refractivity contribution >= 4 is 11.3 Å². The van der Waals surface area contributed by atoms with Gasteiger partial charge in [0.15, 0.2) is 0 Å². The van der Waals surface area contributed by atoms with E-state index >= 15 is 0 Å². The average Bonchev–Trinajstić information content (AvgIpc) is 2.56. The third-order valence-electron chi connectivity index (χ3n) is 2.17. The summed E-state index contributed by atoms with van der Waals surface area (Å²) in [6.45, 7) is 5.38. The first-order valence-electron chi connectivity index (χ1n) is 5.34. The SMILES string of the molecule is CC(C)(C)c1nc(CCCO)c(C(F)(F)F)s1. The molecule has 0 radical (unpaired) electrons. The summed E-state index contributed by atoms with van der Waals surface area (Å²) >= 11 is 0.706. The molecule has 0 fully saturated rings. The smallest absolute Gasteiger partial charge is 0.396 e. The van der Waals surface area contributed by atoms with E-state index in [4.69, 9.17) is 5.11 Å². The Labute approximate surface area is 103 Å². The zero-order chi connectivity index (χ0) is 13.3. The molecule has 0 aromatic carbocycles. The standard InChI is InChI=1S/C11H16F3NOS/c1-10(2,3)9-15-7(5-4-6-16)8(17-9)11(12,13)14/h16H,4-6H2,1-3H3. The number of thiazole rings is 1. The summed E-state index contributed by atoms with van der Waals surface area (Å²) in [5.41, 5.74) is -0.330. The normalized spacial score (nSPS) is 13.1. The van der Waals surface area contributed by atoms with Gasteiger partial charge in [-0.1, -0.05) is 20.8 Å². The van der Waals surface area contributed by atoms with Crippen LogP contribution in [0.4, 0.5) is 13.2 Å². The van der Waals surface area contributed by atoms with E-state index in [-0.39, 0.29) is 24.1 Å². The lowest BCUT2D eigenvalue weighted by Crippen LogP contribution is -2.10. The van der Waals surface area contributed by atoms with Crippen LogP contribution >= 0.6 is 11.3 Å². The molecular formula is C11H16F3NOS. The van der Waals surface area contributed by atoms with Crippen molar-refractivity contribution in [2.45, 2.75) is 45.2 Å². The van der Waals surface area contributed by atoms with E-state index < -0.39 is 11.1 Å². The first-order valence-corrected chi connectivity index (χ1v) is 6.16. The van der Waals surface area contributed by atoms with Gasteiger partial charge >= 0.3 is 6.18 Å². The van der Waals surface area contributed by atoms with Crippen LogP contribution in [-0.4, -0.2) is 16.7 Å². The van der Waals surface area contributed by atoms with Gasteiger partial charge in [0.25, 0.3) is 0 Å². The number of hydrogen-bond donors (Lipinski definition) is 1. The lowest BCUT2D eigenvalue weighted by Gasteiger charge is -2.13. The van der Waals surface area contributed by atoms with Crippen LogP contribution in [0.1, 0.15) is 42.8 Å². The van der Waals surface area contributed by atoms with Crippen LogP contribution in [0.2, 0.25) is 0 Å². The van der Waals surface area contributed by atoms with Crippen molar-refractivity contribution in [2.75, 3.05) is 6.61 Å². The first kappa shape index (κ1) is 14.4. The fraction of sp³-hybridized carbons (Fsp3) is 0.727. The molecule has 6 heteroatoms. The number of aliphatic hydroxyl groups excluding tert-OH is 1. The molecule has 98 valence electrons. The molecule has 0 saturated carbocycles. The van der Waals surface area contributed by atoms with Crippen LogP contribution in [0.5, 0.6) is 0 Å². The largest absolute Gasteiger partial charge is 0.427 e. The molecule has 1 aromatic heterocycles. The molecule has 0 spiro atoms. The zero-order valence-corrected chi connectivity index (χ0v) is 10.9. The molecule has 1 heterocycles. The van der Waals surface area contributed by atoms with Crippen molar-refractivity contribution in [1.29, 1.82) is 0 Å². The maximum atomic E-state index is 12.8. The van der Waals surface area contributed by atoms with Gasteiger partial charge in [0.05, 0.1) is 10.7 Å². The highest BCUT2D eigenvalue weighted by molar-refractivity contribution is 7.12. The maximum absolute atomic E-state index is 12.8. The summed E-state index contributed by atoms with van der Waals surface area (Å²) in [4.78, 5) is 3.44. The third kappa shape index (κ3) is 3.67. The minimum Gasteiger partial charge on any atom is -0.396 e. The van der Waals surface area contributed by atoms with E-state index in [1.54, 1.807) is 0 Å². The Morgan fingerprint density at radius 3 is 2.24 bits per heavy atom. The van der Waals surface area contributed by atoms with E-state index in [2.05, 4.69) is 4.98 Å². The highest BCUT2D eigenvalue weighted by atomic mass is 32.1. The number of nitrogens with zero attached hydrogens (tertiary/aromatic N) is 1. The van der Waals surface area contributed by atoms with Gasteiger partial charge in [-0.15, -0.1) is 11.3 Å². The van der Waals surface area contributed by atoms with Crippen molar-refractivity contribution < 1.29 is 18.3 Å². The summed E-state index contributed by atoms with van der Waals surface area (Å²) in [6.07, 6.45) is -3.89. The molecule has 0 atom stereocenters. The molecule has 0 aliphatic heterocycles. The quantitative estimate of drug-likeness (QED) is 0.910. The van der Waals surface area contributed by atoms with Crippen molar-refractivity contribution in [1.82, 2.24) is 4.98 Å². The van der Waals surface area contributed by atoms with Gasteiger partial charge in [-0.05, 0) is 12.8 Å². The van der Waals surface area contributed by atoms with Crippen molar-refractivity contribution in [3.8, 4) is 0 Å². The topological polar surface area (TPSA) is 33.1 Å². The predicted octanol–water partition coefficient (Wildman–Crippen LogP) is 3.38. The Balaban J connectivity index is 3.13. The fourth-order valence-electron chi connectivity index (χ4n) is 1.31. The second kappa shape index (κ2) is 4.94. The molecule has 1 aromatic rings. The Morgan fingerprint density at radius 1 is 1.24 bits per heavy atom. The summed E-state index contributed by atoms with van der Waals surface area (Å²) in [7, 11) is 0. The summed E-state index contributed by atoms with van der Waals surface area (Å²) < 4.78 is 38.4. The highest BCUT2D eigenvalue weighted by Crippen LogP contribution is 2.40. The summed E-state index contributed by atoms with van der Waals surface area (Å²) in [6, 6.07) is 0. The van der Waals surface area contributed by atoms with Crippen LogP contribution in [-0.2, 0) is 18.0 Å². The minimum atomic E-state index is -4.36. The van der Waals surface area contributed by atoms with Gasteiger partial charge in [-0.3, -0.25) is 0 Å². The lowest BCUT2D eigenvalue weighted by atomic mass is 9.98. The first-order chi connectivity index (χ1) is 7.66. The van der Waals surface area contributed by atoms with Crippen LogP contribution in [0.3, 0.4) is 0 Å². The van der Waals surface area contributed by atoms with Gasteiger partial charge in [-0.2, -0.15) is 13.2 Å². The Hall–Kier alpha value is -0.620. The number of hydrogen-bond acceptors (Lipinski definition) is 3.